The standard InChI is InChI=1S/C21H16S/c1-15-21(17-10-6-3-7-11-17)19-13-12-18(14-20(19)22-15)16-8-4-2-5-9-16/h2-14H,1H3. The van der Waals surface area contributed by atoms with Gasteiger partial charge in [0.1, 0.15) is 0 Å². The minimum Gasteiger partial charge on any atom is -0.140 e. The Bertz CT molecular complexity index is 918. The van der Waals surface area contributed by atoms with Gasteiger partial charge in [-0.15, -0.1) is 11.3 Å². The van der Waals surface area contributed by atoms with E-state index in [9.17, 15) is 0 Å². The van der Waals surface area contributed by atoms with E-state index in [4.69, 9.17) is 0 Å². The highest BCUT2D eigenvalue weighted by Gasteiger charge is 2.11. The zero-order valence-corrected chi connectivity index (χ0v) is 13.2. The molecule has 4 aromatic rings. The van der Waals surface area contributed by atoms with E-state index in [2.05, 4.69) is 85.8 Å². The molecule has 0 N–H and O–H groups in total. The Labute approximate surface area is 134 Å². The lowest BCUT2D eigenvalue weighted by molar-refractivity contribution is 1.60. The van der Waals surface area contributed by atoms with Crippen molar-refractivity contribution in [3.8, 4) is 22.3 Å². The van der Waals surface area contributed by atoms with Crippen molar-refractivity contribution in [1.29, 1.82) is 0 Å². The fraction of sp³-hybridized carbons (Fsp3) is 0.0476. The molecule has 0 aliphatic rings. The molecular weight excluding hydrogens is 284 g/mol. The summed E-state index contributed by atoms with van der Waals surface area (Å²) in [6.45, 7) is 2.22. The fourth-order valence-electron chi connectivity index (χ4n) is 2.99. The lowest BCUT2D eigenvalue weighted by Crippen LogP contribution is -1.79. The molecule has 106 valence electrons. The molecule has 0 fully saturated rings. The predicted molar refractivity (Wildman–Crippen MR) is 97.4 cm³/mol. The summed E-state index contributed by atoms with van der Waals surface area (Å²) in [6.07, 6.45) is 0. The molecule has 0 amide bonds. The predicted octanol–water partition coefficient (Wildman–Crippen LogP) is 6.54. The summed E-state index contributed by atoms with van der Waals surface area (Å²) in [4.78, 5) is 1.38. The van der Waals surface area contributed by atoms with Crippen LogP contribution in [0.5, 0.6) is 0 Å². The zero-order valence-electron chi connectivity index (χ0n) is 12.4. The molecule has 22 heavy (non-hydrogen) atoms. The number of hydrogen-bond donors (Lipinski definition) is 0. The second-order valence-corrected chi connectivity index (χ2v) is 6.73. The first-order valence-corrected chi connectivity index (χ1v) is 8.28. The maximum absolute atomic E-state index is 2.31. The van der Waals surface area contributed by atoms with Gasteiger partial charge in [0, 0.05) is 20.5 Å². The molecule has 1 heteroatoms. The minimum absolute atomic E-state index is 1.27. The van der Waals surface area contributed by atoms with E-state index in [1.165, 1.54) is 37.2 Å². The summed E-state index contributed by atoms with van der Waals surface area (Å²) in [6, 6.07) is 28.1. The summed E-state index contributed by atoms with van der Waals surface area (Å²) in [5.74, 6) is 0. The first-order chi connectivity index (χ1) is 10.8. The summed E-state index contributed by atoms with van der Waals surface area (Å²) >= 11 is 1.88. The molecule has 0 aliphatic carbocycles. The smallest absolute Gasteiger partial charge is 0.0358 e. The van der Waals surface area contributed by atoms with Gasteiger partial charge in [0.15, 0.2) is 0 Å². The van der Waals surface area contributed by atoms with E-state index < -0.39 is 0 Å². The highest BCUT2D eigenvalue weighted by molar-refractivity contribution is 7.19. The van der Waals surface area contributed by atoms with Crippen LogP contribution in [0.1, 0.15) is 4.88 Å². The van der Waals surface area contributed by atoms with Crippen LogP contribution < -0.4 is 0 Å². The van der Waals surface area contributed by atoms with E-state index in [-0.39, 0.29) is 0 Å². The van der Waals surface area contributed by atoms with Crippen molar-refractivity contribution in [1.82, 2.24) is 0 Å². The van der Waals surface area contributed by atoms with Crippen LogP contribution in [-0.4, -0.2) is 0 Å². The van der Waals surface area contributed by atoms with Crippen LogP contribution in [-0.2, 0) is 0 Å². The first-order valence-electron chi connectivity index (χ1n) is 7.47. The molecule has 0 unspecified atom stereocenters. The quantitative estimate of drug-likeness (QED) is 0.394. The molecule has 1 aromatic heterocycles. The SMILES string of the molecule is Cc1sc2cc(-c3ccccc3)ccc2c1-c1ccccc1. The number of aryl methyl sites for hydroxylation is 1. The lowest BCUT2D eigenvalue weighted by Gasteiger charge is -2.04. The average Bonchev–Trinajstić information content (AvgIpc) is 2.91. The Morgan fingerprint density at radius 3 is 1.95 bits per heavy atom. The highest BCUT2D eigenvalue weighted by Crippen LogP contribution is 2.39. The van der Waals surface area contributed by atoms with Crippen molar-refractivity contribution in [3.63, 3.8) is 0 Å². The van der Waals surface area contributed by atoms with Crippen LogP contribution in [0, 0.1) is 6.92 Å². The van der Waals surface area contributed by atoms with Crippen LogP contribution in [0.15, 0.2) is 78.9 Å². The van der Waals surface area contributed by atoms with E-state index in [1.807, 2.05) is 11.3 Å². The Balaban J connectivity index is 1.90. The molecule has 1 heterocycles. The Morgan fingerprint density at radius 2 is 1.27 bits per heavy atom. The van der Waals surface area contributed by atoms with Crippen LogP contribution in [0.4, 0.5) is 0 Å². The number of hydrogen-bond acceptors (Lipinski definition) is 1. The Morgan fingerprint density at radius 1 is 0.636 bits per heavy atom. The van der Waals surface area contributed by atoms with E-state index in [0.717, 1.165) is 0 Å². The fourth-order valence-corrected chi connectivity index (χ4v) is 4.12. The third-order valence-electron chi connectivity index (χ3n) is 4.04. The van der Waals surface area contributed by atoms with Gasteiger partial charge in [-0.1, -0.05) is 72.8 Å². The molecule has 0 radical (unpaired) electrons. The molecular formula is C21H16S. The Hall–Kier alpha value is -2.38. The van der Waals surface area contributed by atoms with Crippen molar-refractivity contribution >= 4 is 21.4 Å². The molecule has 0 spiro atoms. The van der Waals surface area contributed by atoms with Crippen molar-refractivity contribution in [2.75, 3.05) is 0 Å². The topological polar surface area (TPSA) is 0 Å². The second-order valence-electron chi connectivity index (χ2n) is 5.48. The van der Waals surface area contributed by atoms with E-state index >= 15 is 0 Å². The summed E-state index contributed by atoms with van der Waals surface area (Å²) in [7, 11) is 0. The number of rotatable bonds is 2. The van der Waals surface area contributed by atoms with Gasteiger partial charge >= 0.3 is 0 Å². The monoisotopic (exact) mass is 300 g/mol. The van der Waals surface area contributed by atoms with Crippen LogP contribution >= 0.6 is 11.3 Å². The molecule has 0 bridgehead atoms. The number of fused-ring (bicyclic) bond motifs is 1. The molecule has 3 aromatic carbocycles. The maximum Gasteiger partial charge on any atom is 0.0358 e. The van der Waals surface area contributed by atoms with Crippen molar-refractivity contribution in [2.45, 2.75) is 6.92 Å². The summed E-state index contributed by atoms with van der Waals surface area (Å²) in [5.41, 5.74) is 5.24. The molecule has 0 atom stereocenters. The van der Waals surface area contributed by atoms with Crippen LogP contribution in [0.25, 0.3) is 32.3 Å². The second kappa shape index (κ2) is 5.43. The van der Waals surface area contributed by atoms with Gasteiger partial charge in [-0.2, -0.15) is 0 Å². The lowest BCUT2D eigenvalue weighted by atomic mass is 9.99. The number of benzene rings is 3. The van der Waals surface area contributed by atoms with E-state index in [0.29, 0.717) is 0 Å². The third-order valence-corrected chi connectivity index (χ3v) is 5.10. The largest absolute Gasteiger partial charge is 0.140 e. The molecule has 4 rings (SSSR count). The van der Waals surface area contributed by atoms with Gasteiger partial charge in [0.05, 0.1) is 0 Å². The average molecular weight is 300 g/mol. The van der Waals surface area contributed by atoms with E-state index in [1.54, 1.807) is 0 Å². The summed E-state index contributed by atoms with van der Waals surface area (Å²) in [5, 5.41) is 1.35. The van der Waals surface area contributed by atoms with Gasteiger partial charge in [-0.05, 0) is 29.7 Å². The van der Waals surface area contributed by atoms with Crippen molar-refractivity contribution in [3.05, 3.63) is 83.7 Å². The minimum atomic E-state index is 1.27. The molecule has 0 nitrogen and oxygen atoms in total. The van der Waals surface area contributed by atoms with Gasteiger partial charge in [-0.3, -0.25) is 0 Å². The zero-order chi connectivity index (χ0) is 14.9. The molecule has 0 aliphatic heterocycles. The van der Waals surface area contributed by atoms with Crippen molar-refractivity contribution in [2.24, 2.45) is 0 Å². The first kappa shape index (κ1) is 13.3. The highest BCUT2D eigenvalue weighted by atomic mass is 32.1. The van der Waals surface area contributed by atoms with Gasteiger partial charge < -0.3 is 0 Å². The van der Waals surface area contributed by atoms with Gasteiger partial charge in [0.2, 0.25) is 0 Å². The van der Waals surface area contributed by atoms with Gasteiger partial charge in [-0.25, -0.2) is 0 Å². The normalized spacial score (nSPS) is 11.0. The maximum atomic E-state index is 2.31. The third kappa shape index (κ3) is 2.24. The number of thiophene rings is 1. The Kier molecular flexibility index (Phi) is 3.28. The van der Waals surface area contributed by atoms with Crippen LogP contribution in [0.2, 0.25) is 0 Å². The summed E-state index contributed by atoms with van der Waals surface area (Å²) < 4.78 is 1.36. The van der Waals surface area contributed by atoms with Gasteiger partial charge in [0.25, 0.3) is 0 Å². The van der Waals surface area contributed by atoms with Crippen LogP contribution in [0.3, 0.4) is 0 Å². The molecule has 0 saturated heterocycles. The molecule has 0 saturated carbocycles. The van der Waals surface area contributed by atoms with Crippen molar-refractivity contribution < 1.29 is 0 Å².